The molecule has 0 spiro atoms. The zero-order chi connectivity index (χ0) is 23.6. The third-order valence-electron chi connectivity index (χ3n) is 5.71. The zero-order valence-electron chi connectivity index (χ0n) is 18.9. The molecule has 0 aromatic heterocycles. The topological polar surface area (TPSA) is 83.8 Å². The second kappa shape index (κ2) is 9.65. The maximum absolute atomic E-state index is 13.6. The molecule has 0 saturated carbocycles. The van der Waals surface area contributed by atoms with Crippen LogP contribution in [0.25, 0.3) is 5.57 Å². The highest BCUT2D eigenvalue weighted by Crippen LogP contribution is 2.45. The highest BCUT2D eigenvalue weighted by Gasteiger charge is 2.38. The molecule has 0 aliphatic heterocycles. The van der Waals surface area contributed by atoms with Crippen molar-refractivity contribution in [1.29, 1.82) is 0 Å². The van der Waals surface area contributed by atoms with Crippen molar-refractivity contribution in [3.63, 3.8) is 0 Å². The fourth-order valence-electron chi connectivity index (χ4n) is 4.05. The summed E-state index contributed by atoms with van der Waals surface area (Å²) < 4.78 is 5.50. The lowest BCUT2D eigenvalue weighted by atomic mass is 9.81. The number of carbonyl (C=O) groups excluding carboxylic acids is 2. The number of hydrogen-bond donors (Lipinski definition) is 2. The van der Waals surface area contributed by atoms with Crippen molar-refractivity contribution in [1.82, 2.24) is 0 Å². The minimum absolute atomic E-state index is 0.00635. The molecule has 3 rings (SSSR count). The Bertz CT molecular complexity index is 1100. The Balaban J connectivity index is 2.17. The second-order valence-corrected chi connectivity index (χ2v) is 10.5. The van der Waals surface area contributed by atoms with Crippen molar-refractivity contribution in [3.05, 3.63) is 58.2 Å². The number of allylic oxidation sites excluding steroid dienone is 2. The first-order valence-corrected chi connectivity index (χ1v) is 12.1. The highest BCUT2D eigenvalue weighted by molar-refractivity contribution is 14.1. The number of rotatable bonds is 8. The van der Waals surface area contributed by atoms with Gasteiger partial charge in [-0.05, 0) is 78.5 Å². The number of ketones is 2. The number of hydrogen-bond acceptors (Lipinski definition) is 5. The molecule has 1 aliphatic carbocycles. The molecule has 1 atom stereocenters. The fraction of sp³-hybridized carbons (Fsp3) is 0.385. The van der Waals surface area contributed by atoms with Crippen molar-refractivity contribution in [2.45, 2.75) is 63.4 Å². The monoisotopic (exact) mass is 548 g/mol. The van der Waals surface area contributed by atoms with Crippen LogP contribution in [0.1, 0.15) is 97.2 Å². The number of fused-ring (bicyclic) bond motifs is 2. The first kappa shape index (κ1) is 24.3. The lowest BCUT2D eigenvalue weighted by Crippen LogP contribution is -2.28. The van der Waals surface area contributed by atoms with Crippen LogP contribution >= 0.6 is 22.6 Å². The van der Waals surface area contributed by atoms with Crippen molar-refractivity contribution in [2.24, 2.45) is 0 Å². The van der Waals surface area contributed by atoms with E-state index in [0.717, 1.165) is 43.2 Å². The summed E-state index contributed by atoms with van der Waals surface area (Å²) in [6, 6.07) is 6.42. The number of phenols is 2. The SMILES string of the molecule is CC/C=C(/CC)c1ccc2c(c1)C(=O)c1c(OC(C)(I)CCCC)cc(O)c(O)c1C2=O. The van der Waals surface area contributed by atoms with Crippen molar-refractivity contribution >= 4 is 39.7 Å². The Labute approximate surface area is 202 Å². The normalized spacial score (nSPS) is 15.2. The zero-order valence-corrected chi connectivity index (χ0v) is 21.1. The standard InChI is InChI=1S/C26H29IO5/c1-5-8-12-26(4,27)32-20-14-19(28)25(31)22-21(20)24(30)18-13-16(15(7-3)9-6-2)10-11-17(18)23(22)29/h9-11,13-14,28,31H,5-8,12H2,1-4H3/b15-9-. The number of benzene rings is 2. The first-order chi connectivity index (χ1) is 15.1. The number of halogens is 1. The third-order valence-corrected chi connectivity index (χ3v) is 6.47. The Kier molecular flexibility index (Phi) is 7.32. The summed E-state index contributed by atoms with van der Waals surface area (Å²) in [4.78, 5) is 26.9. The molecule has 32 heavy (non-hydrogen) atoms. The first-order valence-electron chi connectivity index (χ1n) is 11.0. The molecule has 0 heterocycles. The van der Waals surface area contributed by atoms with Gasteiger partial charge in [0.15, 0.2) is 26.7 Å². The molecule has 0 saturated heterocycles. The number of ether oxygens (including phenoxy) is 1. The van der Waals surface area contributed by atoms with Gasteiger partial charge in [-0.1, -0.05) is 39.3 Å². The average molecular weight is 548 g/mol. The molecule has 0 bridgehead atoms. The smallest absolute Gasteiger partial charge is 0.198 e. The average Bonchev–Trinajstić information content (AvgIpc) is 2.76. The molecule has 0 amide bonds. The Morgan fingerprint density at radius 3 is 2.38 bits per heavy atom. The summed E-state index contributed by atoms with van der Waals surface area (Å²) >= 11 is 2.17. The molecule has 2 N–H and O–H groups in total. The van der Waals surface area contributed by atoms with E-state index in [1.165, 1.54) is 6.07 Å². The van der Waals surface area contributed by atoms with E-state index in [1.807, 2.05) is 19.9 Å². The summed E-state index contributed by atoms with van der Waals surface area (Å²) in [5, 5.41) is 20.8. The minimum atomic E-state index is -0.643. The summed E-state index contributed by atoms with van der Waals surface area (Å²) in [6.07, 6.45) is 6.42. The quantitative estimate of drug-likeness (QED) is 0.184. The molecule has 0 radical (unpaired) electrons. The van der Waals surface area contributed by atoms with Gasteiger partial charge in [0.1, 0.15) is 5.75 Å². The van der Waals surface area contributed by atoms with Crippen LogP contribution in [0.4, 0.5) is 0 Å². The summed E-state index contributed by atoms with van der Waals surface area (Å²) in [5.41, 5.74) is 2.30. The van der Waals surface area contributed by atoms with Crippen LogP contribution in [-0.2, 0) is 0 Å². The number of aromatic hydroxyl groups is 2. The van der Waals surface area contributed by atoms with E-state index >= 15 is 0 Å². The van der Waals surface area contributed by atoms with E-state index in [4.69, 9.17) is 4.74 Å². The van der Waals surface area contributed by atoms with Gasteiger partial charge in [0, 0.05) is 17.2 Å². The Hall–Kier alpha value is -2.35. The van der Waals surface area contributed by atoms with Crippen molar-refractivity contribution in [2.75, 3.05) is 0 Å². The molecular formula is C26H29IO5. The lowest BCUT2D eigenvalue weighted by Gasteiger charge is -2.28. The number of phenolic OH excluding ortho intramolecular Hbond substituents is 2. The van der Waals surface area contributed by atoms with Gasteiger partial charge in [0.05, 0.1) is 11.1 Å². The molecule has 0 fully saturated rings. The van der Waals surface area contributed by atoms with Crippen LogP contribution in [-0.4, -0.2) is 25.4 Å². The van der Waals surface area contributed by atoms with Crippen LogP contribution in [0.15, 0.2) is 30.3 Å². The second-order valence-electron chi connectivity index (χ2n) is 8.21. The van der Waals surface area contributed by atoms with Gasteiger partial charge in [0.25, 0.3) is 0 Å². The fourth-order valence-corrected chi connectivity index (χ4v) is 4.66. The lowest BCUT2D eigenvalue weighted by molar-refractivity contribution is 0.0968. The summed E-state index contributed by atoms with van der Waals surface area (Å²) in [5.74, 6) is -1.86. The van der Waals surface area contributed by atoms with Crippen LogP contribution in [0, 0.1) is 0 Å². The van der Waals surface area contributed by atoms with Gasteiger partial charge in [-0.3, -0.25) is 9.59 Å². The Morgan fingerprint density at radius 1 is 1.06 bits per heavy atom. The molecule has 2 aromatic rings. The third kappa shape index (κ3) is 4.56. The van der Waals surface area contributed by atoms with Crippen LogP contribution in [0.2, 0.25) is 0 Å². The predicted octanol–water partition coefficient (Wildman–Crippen LogP) is 6.80. The molecule has 1 aliphatic rings. The maximum atomic E-state index is 13.6. The van der Waals surface area contributed by atoms with E-state index in [2.05, 4.69) is 42.5 Å². The van der Waals surface area contributed by atoms with Crippen LogP contribution in [0.3, 0.4) is 0 Å². The van der Waals surface area contributed by atoms with Gasteiger partial charge < -0.3 is 14.9 Å². The van der Waals surface area contributed by atoms with Gasteiger partial charge in [-0.2, -0.15) is 0 Å². The number of alkyl halides is 1. The van der Waals surface area contributed by atoms with Gasteiger partial charge in [-0.15, -0.1) is 0 Å². The summed E-state index contributed by atoms with van der Waals surface area (Å²) in [6.45, 7) is 8.07. The summed E-state index contributed by atoms with van der Waals surface area (Å²) in [7, 11) is 0. The molecule has 2 aromatic carbocycles. The van der Waals surface area contributed by atoms with Gasteiger partial charge in [0.2, 0.25) is 0 Å². The van der Waals surface area contributed by atoms with Crippen LogP contribution < -0.4 is 4.74 Å². The molecule has 6 heteroatoms. The minimum Gasteiger partial charge on any atom is -0.504 e. The predicted molar refractivity (Wildman–Crippen MR) is 134 cm³/mol. The molecular weight excluding hydrogens is 519 g/mol. The van der Waals surface area contributed by atoms with Crippen LogP contribution in [0.5, 0.6) is 17.2 Å². The number of carbonyl (C=O) groups is 2. The van der Waals surface area contributed by atoms with E-state index in [-0.39, 0.29) is 28.0 Å². The Morgan fingerprint density at radius 2 is 1.75 bits per heavy atom. The van der Waals surface area contributed by atoms with Gasteiger partial charge in [-0.25, -0.2) is 0 Å². The molecule has 170 valence electrons. The van der Waals surface area contributed by atoms with E-state index in [1.54, 1.807) is 12.1 Å². The largest absolute Gasteiger partial charge is 0.504 e. The van der Waals surface area contributed by atoms with E-state index in [0.29, 0.717) is 0 Å². The van der Waals surface area contributed by atoms with E-state index in [9.17, 15) is 19.8 Å². The van der Waals surface area contributed by atoms with Gasteiger partial charge >= 0.3 is 0 Å². The van der Waals surface area contributed by atoms with Crippen molar-refractivity contribution in [3.8, 4) is 17.2 Å². The van der Waals surface area contributed by atoms with Crippen molar-refractivity contribution < 1.29 is 24.5 Å². The maximum Gasteiger partial charge on any atom is 0.198 e. The highest BCUT2D eigenvalue weighted by atomic mass is 127. The van der Waals surface area contributed by atoms with E-state index < -0.39 is 26.7 Å². The molecule has 1 unspecified atom stereocenters. The number of unbranched alkanes of at least 4 members (excludes halogenated alkanes) is 1. The molecule has 5 nitrogen and oxygen atoms in total.